The number of carbonyl (C=O) groups excluding carboxylic acids is 2. The highest BCUT2D eigenvalue weighted by Crippen LogP contribution is 2.23. The standard InChI is InChI=1S/C22H20N4O4S2/c1-15-13-16-7-2-5-10-19(16)26(15)14-20(27)23-24-22(28)17-8-3-4-9-18(17)25-32(29,30)21-11-6-12-31-21/h2-13,25H,14H2,1H3,(H,23,27)(H,24,28). The average molecular weight is 469 g/mol. The van der Waals surface area contributed by atoms with E-state index < -0.39 is 21.8 Å². The maximum absolute atomic E-state index is 12.7. The normalized spacial score (nSPS) is 11.3. The van der Waals surface area contributed by atoms with E-state index in [9.17, 15) is 18.0 Å². The number of para-hydroxylation sites is 2. The molecule has 10 heteroatoms. The minimum atomic E-state index is -3.82. The molecule has 0 aliphatic carbocycles. The number of nitrogens with one attached hydrogen (secondary N) is 3. The molecule has 4 rings (SSSR count). The molecule has 0 fully saturated rings. The fraction of sp³-hybridized carbons (Fsp3) is 0.0909. The van der Waals surface area contributed by atoms with Crippen molar-refractivity contribution in [2.45, 2.75) is 17.7 Å². The molecule has 0 atom stereocenters. The van der Waals surface area contributed by atoms with Gasteiger partial charge in [-0.3, -0.25) is 25.2 Å². The van der Waals surface area contributed by atoms with Gasteiger partial charge in [-0.15, -0.1) is 11.3 Å². The van der Waals surface area contributed by atoms with Crippen molar-refractivity contribution in [3.05, 3.63) is 83.4 Å². The van der Waals surface area contributed by atoms with Crippen LogP contribution in [-0.2, 0) is 21.4 Å². The van der Waals surface area contributed by atoms with Gasteiger partial charge in [-0.05, 0) is 48.0 Å². The number of thiophene rings is 1. The van der Waals surface area contributed by atoms with Crippen LogP contribution < -0.4 is 15.6 Å². The average Bonchev–Trinajstić information content (AvgIpc) is 3.42. The number of carbonyl (C=O) groups is 2. The third kappa shape index (κ3) is 4.51. The Morgan fingerprint density at radius 2 is 1.72 bits per heavy atom. The molecule has 4 aromatic rings. The lowest BCUT2D eigenvalue weighted by atomic mass is 10.2. The summed E-state index contributed by atoms with van der Waals surface area (Å²) in [7, 11) is -3.82. The molecule has 3 N–H and O–H groups in total. The van der Waals surface area contributed by atoms with E-state index in [2.05, 4.69) is 15.6 Å². The Kier molecular flexibility index (Phi) is 5.97. The van der Waals surface area contributed by atoms with Crippen LogP contribution in [0.1, 0.15) is 16.1 Å². The van der Waals surface area contributed by atoms with Crippen LogP contribution in [0.5, 0.6) is 0 Å². The number of anilines is 1. The highest BCUT2D eigenvalue weighted by atomic mass is 32.2. The zero-order valence-electron chi connectivity index (χ0n) is 17.0. The van der Waals surface area contributed by atoms with Crippen molar-refractivity contribution in [3.8, 4) is 0 Å². The Balaban J connectivity index is 1.44. The predicted octanol–water partition coefficient (Wildman–Crippen LogP) is 3.27. The number of aromatic nitrogens is 1. The fourth-order valence-electron chi connectivity index (χ4n) is 3.32. The first-order valence-corrected chi connectivity index (χ1v) is 12.0. The van der Waals surface area contributed by atoms with E-state index in [1.807, 2.05) is 41.8 Å². The topological polar surface area (TPSA) is 109 Å². The molecule has 0 bridgehead atoms. The molecule has 32 heavy (non-hydrogen) atoms. The molecule has 0 saturated heterocycles. The molecule has 164 valence electrons. The zero-order valence-corrected chi connectivity index (χ0v) is 18.7. The van der Waals surface area contributed by atoms with Crippen molar-refractivity contribution in [1.29, 1.82) is 0 Å². The second-order valence-electron chi connectivity index (χ2n) is 7.02. The van der Waals surface area contributed by atoms with E-state index in [0.29, 0.717) is 0 Å². The number of fused-ring (bicyclic) bond motifs is 1. The smallest absolute Gasteiger partial charge is 0.271 e. The third-order valence-corrected chi connectivity index (χ3v) is 7.57. The number of hydrogen-bond donors (Lipinski definition) is 3. The fourth-order valence-corrected chi connectivity index (χ4v) is 5.39. The molecule has 2 heterocycles. The number of hydrazine groups is 1. The molecule has 0 saturated carbocycles. The SMILES string of the molecule is Cc1cc2ccccc2n1CC(=O)NNC(=O)c1ccccc1NS(=O)(=O)c1cccs1. The molecule has 0 aliphatic rings. The lowest BCUT2D eigenvalue weighted by Gasteiger charge is -2.13. The van der Waals surface area contributed by atoms with Crippen LogP contribution in [0.4, 0.5) is 5.69 Å². The largest absolute Gasteiger partial charge is 0.335 e. The Labute approximate surface area is 188 Å². The Hall–Kier alpha value is -3.63. The van der Waals surface area contributed by atoms with Crippen molar-refractivity contribution < 1.29 is 18.0 Å². The van der Waals surface area contributed by atoms with Crippen LogP contribution in [0.25, 0.3) is 10.9 Å². The molecular weight excluding hydrogens is 448 g/mol. The van der Waals surface area contributed by atoms with Crippen LogP contribution >= 0.6 is 11.3 Å². The number of aryl methyl sites for hydroxylation is 1. The predicted molar refractivity (Wildman–Crippen MR) is 124 cm³/mol. The number of benzene rings is 2. The highest BCUT2D eigenvalue weighted by Gasteiger charge is 2.20. The van der Waals surface area contributed by atoms with Gasteiger partial charge >= 0.3 is 0 Å². The molecule has 2 aromatic carbocycles. The van der Waals surface area contributed by atoms with Gasteiger partial charge in [0, 0.05) is 11.2 Å². The summed E-state index contributed by atoms with van der Waals surface area (Å²) in [6.45, 7) is 1.92. The minimum absolute atomic E-state index is 0.0201. The minimum Gasteiger partial charge on any atom is -0.335 e. The van der Waals surface area contributed by atoms with E-state index in [1.165, 1.54) is 18.2 Å². The molecule has 0 spiro atoms. The Morgan fingerprint density at radius 3 is 2.50 bits per heavy atom. The Morgan fingerprint density at radius 1 is 0.969 bits per heavy atom. The van der Waals surface area contributed by atoms with Gasteiger partial charge in [0.15, 0.2) is 0 Å². The van der Waals surface area contributed by atoms with Crippen LogP contribution in [0.3, 0.4) is 0 Å². The first-order valence-electron chi connectivity index (χ1n) is 9.64. The molecule has 0 unspecified atom stereocenters. The van der Waals surface area contributed by atoms with E-state index in [0.717, 1.165) is 27.9 Å². The third-order valence-electron chi connectivity index (χ3n) is 4.81. The lowest BCUT2D eigenvalue weighted by molar-refractivity contribution is -0.122. The summed E-state index contributed by atoms with van der Waals surface area (Å²) in [6, 6.07) is 19.0. The van der Waals surface area contributed by atoms with Crippen molar-refractivity contribution in [2.24, 2.45) is 0 Å². The van der Waals surface area contributed by atoms with Crippen molar-refractivity contribution in [3.63, 3.8) is 0 Å². The monoisotopic (exact) mass is 468 g/mol. The highest BCUT2D eigenvalue weighted by molar-refractivity contribution is 7.94. The van der Waals surface area contributed by atoms with Crippen LogP contribution in [-0.4, -0.2) is 24.8 Å². The summed E-state index contributed by atoms with van der Waals surface area (Å²) in [6.07, 6.45) is 0. The summed E-state index contributed by atoms with van der Waals surface area (Å²) in [5.74, 6) is -1.06. The summed E-state index contributed by atoms with van der Waals surface area (Å²) in [4.78, 5) is 25.1. The quantitative estimate of drug-likeness (QED) is 0.377. The van der Waals surface area contributed by atoms with E-state index >= 15 is 0 Å². The number of sulfonamides is 1. The van der Waals surface area contributed by atoms with E-state index in [1.54, 1.807) is 23.6 Å². The lowest BCUT2D eigenvalue weighted by Crippen LogP contribution is -2.43. The molecule has 2 amide bonds. The van der Waals surface area contributed by atoms with Gasteiger partial charge in [0.2, 0.25) is 0 Å². The van der Waals surface area contributed by atoms with Crippen molar-refractivity contribution in [2.75, 3.05) is 4.72 Å². The summed E-state index contributed by atoms with van der Waals surface area (Å²) < 4.78 is 29.4. The zero-order chi connectivity index (χ0) is 22.7. The maximum Gasteiger partial charge on any atom is 0.271 e. The number of amides is 2. The summed E-state index contributed by atoms with van der Waals surface area (Å²) >= 11 is 1.07. The molecular formula is C22H20N4O4S2. The summed E-state index contributed by atoms with van der Waals surface area (Å²) in [5.41, 5.74) is 6.77. The van der Waals surface area contributed by atoms with Gasteiger partial charge in [0.25, 0.3) is 21.8 Å². The van der Waals surface area contributed by atoms with E-state index in [4.69, 9.17) is 0 Å². The van der Waals surface area contributed by atoms with Gasteiger partial charge in [0.05, 0.1) is 11.3 Å². The van der Waals surface area contributed by atoms with E-state index in [-0.39, 0.29) is 22.0 Å². The van der Waals surface area contributed by atoms with Crippen molar-refractivity contribution >= 4 is 49.8 Å². The first-order chi connectivity index (χ1) is 15.3. The van der Waals surface area contributed by atoms with Gasteiger partial charge in [-0.1, -0.05) is 36.4 Å². The number of hydrogen-bond acceptors (Lipinski definition) is 5. The van der Waals surface area contributed by atoms with Gasteiger partial charge in [-0.2, -0.15) is 0 Å². The summed E-state index contributed by atoms with van der Waals surface area (Å²) in [5, 5.41) is 2.67. The molecule has 0 radical (unpaired) electrons. The molecule has 2 aromatic heterocycles. The van der Waals surface area contributed by atoms with Crippen LogP contribution in [0.15, 0.2) is 76.3 Å². The Bertz CT molecular complexity index is 1390. The second-order valence-corrected chi connectivity index (χ2v) is 9.87. The van der Waals surface area contributed by atoms with Gasteiger partial charge in [-0.25, -0.2) is 8.42 Å². The number of rotatable bonds is 6. The second kappa shape index (κ2) is 8.85. The van der Waals surface area contributed by atoms with Crippen LogP contribution in [0.2, 0.25) is 0 Å². The number of nitrogens with zero attached hydrogens (tertiary/aromatic N) is 1. The van der Waals surface area contributed by atoms with Crippen LogP contribution in [0, 0.1) is 6.92 Å². The molecule has 0 aliphatic heterocycles. The van der Waals surface area contributed by atoms with Crippen molar-refractivity contribution in [1.82, 2.24) is 15.4 Å². The first kappa shape index (κ1) is 21.6. The van der Waals surface area contributed by atoms with Gasteiger partial charge in [0.1, 0.15) is 10.8 Å². The van der Waals surface area contributed by atoms with Gasteiger partial charge < -0.3 is 4.57 Å². The molecule has 8 nitrogen and oxygen atoms in total. The maximum atomic E-state index is 12.7.